The van der Waals surface area contributed by atoms with Crippen molar-refractivity contribution in [3.05, 3.63) is 53.2 Å². The van der Waals surface area contributed by atoms with Gasteiger partial charge in [0.05, 0.1) is 36.2 Å². The Labute approximate surface area is 207 Å². The average molecular weight is 493 g/mol. The summed E-state index contributed by atoms with van der Waals surface area (Å²) in [6.07, 6.45) is 1.24. The molecule has 1 unspecified atom stereocenters. The predicted molar refractivity (Wildman–Crippen MR) is 137 cm³/mol. The van der Waals surface area contributed by atoms with Gasteiger partial charge in [-0.1, -0.05) is 24.3 Å². The van der Waals surface area contributed by atoms with E-state index in [1.807, 2.05) is 50.2 Å². The van der Waals surface area contributed by atoms with Crippen LogP contribution in [-0.4, -0.2) is 41.0 Å². The van der Waals surface area contributed by atoms with Gasteiger partial charge in [0.15, 0.2) is 11.5 Å². The molecule has 8 nitrogen and oxygen atoms in total. The van der Waals surface area contributed by atoms with E-state index in [0.29, 0.717) is 42.1 Å². The number of hydrogen-bond acceptors (Lipinski definition) is 7. The lowest BCUT2D eigenvalue weighted by atomic mass is 9.85. The summed E-state index contributed by atoms with van der Waals surface area (Å²) >= 11 is 1.51. The van der Waals surface area contributed by atoms with Crippen LogP contribution in [0.4, 0.5) is 5.82 Å². The molecule has 2 aromatic carbocycles. The van der Waals surface area contributed by atoms with Crippen molar-refractivity contribution in [2.45, 2.75) is 39.5 Å². The first kappa shape index (κ1) is 23.2. The minimum absolute atomic E-state index is 0.0614. The monoisotopic (exact) mass is 492 g/mol. The number of nitrogens with one attached hydrogen (secondary N) is 1. The van der Waals surface area contributed by atoms with Gasteiger partial charge < -0.3 is 19.5 Å². The second kappa shape index (κ2) is 9.58. The van der Waals surface area contributed by atoms with Crippen LogP contribution in [-0.2, 0) is 4.79 Å². The molecule has 0 aliphatic carbocycles. The van der Waals surface area contributed by atoms with Crippen molar-refractivity contribution in [2.75, 3.05) is 25.6 Å². The Bertz CT molecular complexity index is 1390. The van der Waals surface area contributed by atoms with Gasteiger partial charge >= 0.3 is 0 Å². The lowest BCUT2D eigenvalue weighted by molar-refractivity contribution is -0.116. The molecule has 0 saturated carbocycles. The minimum atomic E-state index is -0.152. The Hall–Kier alpha value is -3.59. The molecule has 3 heterocycles. The SMILES string of the molecule is CCCOc1ccc(C2CC(=O)Nc3c2c(C)nn3-c2nc3ccc(OCC)cc3s2)cc1OC. The number of benzene rings is 2. The smallest absolute Gasteiger partial charge is 0.226 e. The van der Waals surface area contributed by atoms with E-state index in [-0.39, 0.29) is 11.8 Å². The Morgan fingerprint density at radius 2 is 2.00 bits per heavy atom. The number of anilines is 1. The van der Waals surface area contributed by atoms with E-state index >= 15 is 0 Å². The van der Waals surface area contributed by atoms with E-state index in [2.05, 4.69) is 12.2 Å². The first-order valence-electron chi connectivity index (χ1n) is 11.8. The molecule has 2 aromatic heterocycles. The van der Waals surface area contributed by atoms with Gasteiger partial charge in [-0.15, -0.1) is 0 Å². The van der Waals surface area contributed by atoms with Crippen LogP contribution in [0, 0.1) is 6.92 Å². The molecule has 0 fully saturated rings. The Kier molecular flexibility index (Phi) is 6.34. The highest BCUT2D eigenvalue weighted by Gasteiger charge is 2.33. The van der Waals surface area contributed by atoms with Crippen molar-refractivity contribution in [1.29, 1.82) is 0 Å². The molecule has 1 atom stereocenters. The van der Waals surface area contributed by atoms with Crippen molar-refractivity contribution < 1.29 is 19.0 Å². The summed E-state index contributed by atoms with van der Waals surface area (Å²) < 4.78 is 19.8. The summed E-state index contributed by atoms with van der Waals surface area (Å²) in [4.78, 5) is 17.6. The van der Waals surface area contributed by atoms with E-state index in [1.54, 1.807) is 11.8 Å². The number of methoxy groups -OCH3 is 1. The van der Waals surface area contributed by atoms with Gasteiger partial charge in [0.25, 0.3) is 0 Å². The standard InChI is InChI=1S/C26H28N4O4S/c1-5-11-34-20-10-7-16(12-21(20)32-4)18-14-23(31)28-25-24(18)15(3)29-30(25)26-27-19-9-8-17(33-6-2)13-22(19)35-26/h7-10,12-13,18H,5-6,11,14H2,1-4H3,(H,28,31). The summed E-state index contributed by atoms with van der Waals surface area (Å²) in [5, 5.41) is 8.52. The fourth-order valence-corrected chi connectivity index (χ4v) is 5.39. The van der Waals surface area contributed by atoms with Gasteiger partial charge in [0, 0.05) is 17.9 Å². The highest BCUT2D eigenvalue weighted by Crippen LogP contribution is 2.43. The molecule has 0 radical (unpaired) electrons. The molecule has 0 spiro atoms. The Balaban J connectivity index is 1.56. The molecule has 0 bridgehead atoms. The maximum Gasteiger partial charge on any atom is 0.226 e. The van der Waals surface area contributed by atoms with Crippen LogP contribution < -0.4 is 19.5 Å². The lowest BCUT2D eigenvalue weighted by Crippen LogP contribution is -2.25. The number of aryl methyl sites for hydroxylation is 1. The molecule has 1 aliphatic heterocycles. The van der Waals surface area contributed by atoms with Crippen molar-refractivity contribution in [3.63, 3.8) is 0 Å². The van der Waals surface area contributed by atoms with Crippen LogP contribution in [0.25, 0.3) is 15.3 Å². The molecule has 1 amide bonds. The van der Waals surface area contributed by atoms with Crippen LogP contribution in [0.2, 0.25) is 0 Å². The Morgan fingerprint density at radius 3 is 2.77 bits per heavy atom. The molecule has 4 aromatic rings. The molecular weight excluding hydrogens is 464 g/mol. The fourth-order valence-electron chi connectivity index (χ4n) is 4.44. The molecule has 1 aliphatic rings. The van der Waals surface area contributed by atoms with E-state index in [0.717, 1.165) is 39.2 Å². The number of fused-ring (bicyclic) bond motifs is 2. The number of nitrogens with zero attached hydrogens (tertiary/aromatic N) is 3. The Morgan fingerprint density at radius 1 is 1.14 bits per heavy atom. The zero-order valence-electron chi connectivity index (χ0n) is 20.3. The van der Waals surface area contributed by atoms with Gasteiger partial charge in [-0.3, -0.25) is 4.79 Å². The first-order chi connectivity index (χ1) is 17.0. The summed E-state index contributed by atoms with van der Waals surface area (Å²) in [5.74, 6) is 2.62. The minimum Gasteiger partial charge on any atom is -0.494 e. The summed E-state index contributed by atoms with van der Waals surface area (Å²) in [6, 6.07) is 11.7. The molecule has 9 heteroatoms. The van der Waals surface area contributed by atoms with Crippen LogP contribution in [0.1, 0.15) is 49.4 Å². The molecule has 0 saturated heterocycles. The quantitative estimate of drug-likeness (QED) is 0.351. The van der Waals surface area contributed by atoms with E-state index in [1.165, 1.54) is 11.3 Å². The third kappa shape index (κ3) is 4.32. The lowest BCUT2D eigenvalue weighted by Gasteiger charge is -2.24. The molecule has 182 valence electrons. The van der Waals surface area contributed by atoms with E-state index in [9.17, 15) is 4.79 Å². The van der Waals surface area contributed by atoms with Crippen LogP contribution in [0.15, 0.2) is 36.4 Å². The number of ether oxygens (including phenoxy) is 3. The van der Waals surface area contributed by atoms with Gasteiger partial charge in [0.1, 0.15) is 11.6 Å². The second-order valence-corrected chi connectivity index (χ2v) is 9.39. The van der Waals surface area contributed by atoms with E-state index in [4.69, 9.17) is 24.3 Å². The zero-order valence-corrected chi connectivity index (χ0v) is 21.1. The van der Waals surface area contributed by atoms with Crippen molar-refractivity contribution >= 4 is 33.3 Å². The van der Waals surface area contributed by atoms with Crippen LogP contribution >= 0.6 is 11.3 Å². The fraction of sp³-hybridized carbons (Fsp3) is 0.346. The molecule has 5 rings (SSSR count). The summed E-state index contributed by atoms with van der Waals surface area (Å²) in [5.41, 5.74) is 3.68. The maximum absolute atomic E-state index is 12.8. The molecular formula is C26H28N4O4S. The van der Waals surface area contributed by atoms with Gasteiger partial charge in [0.2, 0.25) is 11.0 Å². The van der Waals surface area contributed by atoms with Gasteiger partial charge in [-0.25, -0.2) is 4.98 Å². The average Bonchev–Trinajstić information content (AvgIpc) is 3.42. The van der Waals surface area contributed by atoms with Crippen LogP contribution in [0.3, 0.4) is 0 Å². The highest BCUT2D eigenvalue weighted by atomic mass is 32.1. The number of aromatic nitrogens is 3. The largest absolute Gasteiger partial charge is 0.494 e. The second-order valence-electron chi connectivity index (χ2n) is 8.38. The normalized spacial score (nSPS) is 15.1. The number of amides is 1. The predicted octanol–water partition coefficient (Wildman–Crippen LogP) is 5.46. The van der Waals surface area contributed by atoms with Crippen LogP contribution in [0.5, 0.6) is 17.2 Å². The third-order valence-corrected chi connectivity index (χ3v) is 6.99. The molecule has 1 N–H and O–H groups in total. The van der Waals surface area contributed by atoms with E-state index < -0.39 is 0 Å². The van der Waals surface area contributed by atoms with Crippen molar-refractivity contribution in [3.8, 4) is 22.4 Å². The van der Waals surface area contributed by atoms with Gasteiger partial charge in [-0.05, 0) is 56.2 Å². The zero-order chi connectivity index (χ0) is 24.5. The third-order valence-electron chi connectivity index (χ3n) is 6.00. The number of carbonyl (C=O) groups is 1. The highest BCUT2D eigenvalue weighted by molar-refractivity contribution is 7.20. The van der Waals surface area contributed by atoms with Gasteiger partial charge in [-0.2, -0.15) is 9.78 Å². The number of rotatable bonds is 8. The number of thiazole rings is 1. The maximum atomic E-state index is 12.8. The number of hydrogen-bond donors (Lipinski definition) is 1. The van der Waals surface area contributed by atoms with Crippen molar-refractivity contribution in [1.82, 2.24) is 14.8 Å². The van der Waals surface area contributed by atoms with Crippen molar-refractivity contribution in [2.24, 2.45) is 0 Å². The number of carbonyl (C=O) groups excluding carboxylic acids is 1. The summed E-state index contributed by atoms with van der Waals surface area (Å²) in [6.45, 7) is 7.21. The topological polar surface area (TPSA) is 87.5 Å². The molecule has 35 heavy (non-hydrogen) atoms. The summed E-state index contributed by atoms with van der Waals surface area (Å²) in [7, 11) is 1.63. The first-order valence-corrected chi connectivity index (χ1v) is 12.6.